The van der Waals surface area contributed by atoms with Crippen LogP contribution >= 0.6 is 11.3 Å². The third-order valence-corrected chi connectivity index (χ3v) is 8.52. The Balaban J connectivity index is 1.18. The van der Waals surface area contributed by atoms with E-state index in [1.807, 2.05) is 4.90 Å². The predicted octanol–water partition coefficient (Wildman–Crippen LogP) is 6.28. The molecule has 4 aromatic rings. The maximum Gasteiger partial charge on any atom is 0.317 e. The Morgan fingerprint density at radius 1 is 1.08 bits per heavy atom. The molecule has 2 fully saturated rings. The van der Waals surface area contributed by atoms with E-state index in [9.17, 15) is 4.79 Å². The molecule has 7 heteroatoms. The van der Waals surface area contributed by atoms with Crippen molar-refractivity contribution in [2.24, 2.45) is 0 Å². The Labute approximate surface area is 216 Å². The van der Waals surface area contributed by atoms with Crippen LogP contribution < -0.4 is 5.32 Å². The van der Waals surface area contributed by atoms with Crippen molar-refractivity contribution < 1.29 is 9.53 Å². The average molecular weight is 503 g/mol. The molecule has 0 radical (unpaired) electrons. The van der Waals surface area contributed by atoms with Gasteiger partial charge in [-0.2, -0.15) is 0 Å². The number of nitrogens with one attached hydrogen (secondary N) is 1. The molecule has 0 bridgehead atoms. The molecular formula is C29H34N4O2S. The molecule has 3 heterocycles. The Bertz CT molecular complexity index is 1330. The lowest BCUT2D eigenvalue weighted by molar-refractivity contribution is 0.0806. The molecule has 2 aromatic heterocycles. The molecule has 2 aliphatic rings. The number of hydrogen-bond donors (Lipinski definition) is 1. The van der Waals surface area contributed by atoms with Crippen molar-refractivity contribution >= 4 is 33.1 Å². The summed E-state index contributed by atoms with van der Waals surface area (Å²) in [5.74, 6) is 0. The van der Waals surface area contributed by atoms with Gasteiger partial charge >= 0.3 is 6.03 Å². The van der Waals surface area contributed by atoms with Crippen molar-refractivity contribution in [3.8, 4) is 11.3 Å². The Morgan fingerprint density at radius 3 is 2.78 bits per heavy atom. The van der Waals surface area contributed by atoms with Crippen LogP contribution in [0.1, 0.15) is 50.6 Å². The smallest absolute Gasteiger partial charge is 0.317 e. The number of imidazole rings is 1. The van der Waals surface area contributed by atoms with Crippen molar-refractivity contribution in [1.29, 1.82) is 0 Å². The summed E-state index contributed by atoms with van der Waals surface area (Å²) in [6.45, 7) is 2.15. The zero-order chi connectivity index (χ0) is 24.3. The molecule has 0 spiro atoms. The summed E-state index contributed by atoms with van der Waals surface area (Å²) in [5.41, 5.74) is 3.31. The highest BCUT2D eigenvalue weighted by atomic mass is 32.1. The number of urea groups is 1. The van der Waals surface area contributed by atoms with Gasteiger partial charge in [-0.3, -0.25) is 4.40 Å². The molecule has 2 amide bonds. The largest absolute Gasteiger partial charge is 0.376 e. The Kier molecular flexibility index (Phi) is 6.92. The van der Waals surface area contributed by atoms with Crippen LogP contribution in [0.25, 0.3) is 27.0 Å². The topological polar surface area (TPSA) is 58.9 Å². The number of nitrogens with zero attached hydrogens (tertiary/aromatic N) is 3. The monoisotopic (exact) mass is 502 g/mol. The number of aromatic nitrogens is 2. The van der Waals surface area contributed by atoms with Gasteiger partial charge in [0.1, 0.15) is 0 Å². The molecule has 1 unspecified atom stereocenters. The number of rotatable bonds is 7. The molecule has 1 atom stereocenters. The second-order valence-corrected chi connectivity index (χ2v) is 11.0. The molecule has 1 saturated carbocycles. The van der Waals surface area contributed by atoms with Crippen molar-refractivity contribution in [2.75, 3.05) is 19.7 Å². The molecule has 36 heavy (non-hydrogen) atoms. The number of carbonyl (C=O) groups excluding carboxylic acids is 1. The summed E-state index contributed by atoms with van der Waals surface area (Å²) in [6.07, 6.45) is 11.1. The third kappa shape index (κ3) is 5.13. The number of hydrogen-bond acceptors (Lipinski definition) is 4. The van der Waals surface area contributed by atoms with Gasteiger partial charge in [-0.25, -0.2) is 9.78 Å². The van der Waals surface area contributed by atoms with Gasteiger partial charge < -0.3 is 15.0 Å². The molecule has 1 N–H and O–H groups in total. The zero-order valence-electron chi connectivity index (χ0n) is 20.7. The SMILES string of the molecule is O=C(NC1CCCCC1)N(CCc1csc2nc(-c3ccc4ccccc4c3)cn12)CC1CCCO1. The second kappa shape index (κ2) is 10.6. The van der Waals surface area contributed by atoms with Crippen molar-refractivity contribution in [3.63, 3.8) is 0 Å². The van der Waals surface area contributed by atoms with Crippen LogP contribution in [0.4, 0.5) is 4.79 Å². The van der Waals surface area contributed by atoms with Gasteiger partial charge in [0.2, 0.25) is 0 Å². The molecule has 1 aliphatic heterocycles. The molecule has 6 rings (SSSR count). The quantitative estimate of drug-likeness (QED) is 0.323. The second-order valence-electron chi connectivity index (χ2n) is 10.2. The number of amides is 2. The van der Waals surface area contributed by atoms with Gasteiger partial charge in [0.05, 0.1) is 11.8 Å². The van der Waals surface area contributed by atoms with E-state index in [0.717, 1.165) is 54.9 Å². The summed E-state index contributed by atoms with van der Waals surface area (Å²) < 4.78 is 8.07. The number of ether oxygens (including phenoxy) is 1. The minimum atomic E-state index is 0.0614. The first-order chi connectivity index (χ1) is 17.7. The Morgan fingerprint density at radius 2 is 1.94 bits per heavy atom. The summed E-state index contributed by atoms with van der Waals surface area (Å²) in [6, 6.07) is 15.3. The minimum absolute atomic E-state index is 0.0614. The first-order valence-electron chi connectivity index (χ1n) is 13.3. The van der Waals surface area contributed by atoms with E-state index in [1.54, 1.807) is 11.3 Å². The van der Waals surface area contributed by atoms with Gasteiger partial charge in [-0.05, 0) is 42.5 Å². The number of carbonyl (C=O) groups is 1. The molecule has 2 aromatic carbocycles. The lowest BCUT2D eigenvalue weighted by atomic mass is 9.96. The van der Waals surface area contributed by atoms with Crippen LogP contribution in [0.5, 0.6) is 0 Å². The number of benzene rings is 2. The van der Waals surface area contributed by atoms with Gasteiger partial charge in [0.15, 0.2) is 4.96 Å². The van der Waals surface area contributed by atoms with Crippen LogP contribution in [-0.4, -0.2) is 52.2 Å². The normalized spacial score (nSPS) is 18.7. The van der Waals surface area contributed by atoms with Crippen LogP contribution in [-0.2, 0) is 11.2 Å². The number of fused-ring (bicyclic) bond motifs is 2. The predicted molar refractivity (Wildman–Crippen MR) is 146 cm³/mol. The first-order valence-corrected chi connectivity index (χ1v) is 14.2. The molecular weight excluding hydrogens is 468 g/mol. The van der Waals surface area contributed by atoms with Gasteiger partial charge in [-0.1, -0.05) is 55.7 Å². The fourth-order valence-corrected chi connectivity index (χ4v) is 6.48. The summed E-state index contributed by atoms with van der Waals surface area (Å²) in [4.78, 5) is 21.1. The lowest BCUT2D eigenvalue weighted by Gasteiger charge is -2.29. The highest BCUT2D eigenvalue weighted by Gasteiger charge is 2.25. The van der Waals surface area contributed by atoms with E-state index in [0.29, 0.717) is 19.1 Å². The van der Waals surface area contributed by atoms with E-state index in [4.69, 9.17) is 9.72 Å². The van der Waals surface area contributed by atoms with Crippen LogP contribution in [0.2, 0.25) is 0 Å². The standard InChI is InChI=1S/C29H34N4O2S/c34-28(30-24-9-2-1-3-10-24)32(18-26-11-6-16-35-26)15-14-25-20-36-29-31-27(19-33(25)29)23-13-12-21-7-4-5-8-22(21)17-23/h4-5,7-8,12-13,17,19-20,24,26H,1-3,6,9-11,14-16,18H2,(H,30,34). The van der Waals surface area contributed by atoms with Gasteiger partial charge in [-0.15, -0.1) is 11.3 Å². The van der Waals surface area contributed by atoms with Crippen molar-refractivity contribution in [2.45, 2.75) is 63.5 Å². The minimum Gasteiger partial charge on any atom is -0.376 e. The summed E-state index contributed by atoms with van der Waals surface area (Å²) >= 11 is 1.66. The first kappa shape index (κ1) is 23.5. The summed E-state index contributed by atoms with van der Waals surface area (Å²) in [5, 5.41) is 7.95. The fourth-order valence-electron chi connectivity index (χ4n) is 5.57. The maximum absolute atomic E-state index is 13.3. The van der Waals surface area contributed by atoms with Gasteiger partial charge in [0.25, 0.3) is 0 Å². The van der Waals surface area contributed by atoms with Crippen molar-refractivity contribution in [3.05, 3.63) is 59.7 Å². The van der Waals surface area contributed by atoms with E-state index in [-0.39, 0.29) is 12.1 Å². The highest BCUT2D eigenvalue weighted by molar-refractivity contribution is 7.15. The average Bonchev–Trinajstić information content (AvgIpc) is 3.65. The molecule has 188 valence electrons. The van der Waals surface area contributed by atoms with E-state index >= 15 is 0 Å². The van der Waals surface area contributed by atoms with E-state index in [1.165, 1.54) is 35.7 Å². The van der Waals surface area contributed by atoms with E-state index in [2.05, 4.69) is 63.8 Å². The van der Waals surface area contributed by atoms with Crippen LogP contribution in [0.3, 0.4) is 0 Å². The molecule has 6 nitrogen and oxygen atoms in total. The lowest BCUT2D eigenvalue weighted by Crippen LogP contribution is -2.48. The van der Waals surface area contributed by atoms with Crippen LogP contribution in [0.15, 0.2) is 54.0 Å². The van der Waals surface area contributed by atoms with E-state index < -0.39 is 0 Å². The van der Waals surface area contributed by atoms with Gasteiger partial charge in [0, 0.05) is 55.0 Å². The Hall–Kier alpha value is -2.90. The summed E-state index contributed by atoms with van der Waals surface area (Å²) in [7, 11) is 0. The zero-order valence-corrected chi connectivity index (χ0v) is 21.5. The maximum atomic E-state index is 13.3. The highest BCUT2D eigenvalue weighted by Crippen LogP contribution is 2.27. The fraction of sp³-hybridized carbons (Fsp3) is 0.448. The third-order valence-electron chi connectivity index (χ3n) is 7.63. The molecule has 1 aliphatic carbocycles. The number of thiazole rings is 1. The van der Waals surface area contributed by atoms with Crippen LogP contribution in [0, 0.1) is 0 Å². The molecule has 1 saturated heterocycles. The van der Waals surface area contributed by atoms with Crippen molar-refractivity contribution in [1.82, 2.24) is 19.6 Å².